The maximum atomic E-state index is 13.0. The Morgan fingerprint density at radius 1 is 0.337 bits per heavy atom. The van der Waals surface area contributed by atoms with Crippen LogP contribution in [0.3, 0.4) is 0 Å². The average molecular weight is 1230 g/mol. The highest BCUT2D eigenvalue weighted by Crippen LogP contribution is 2.45. The minimum Gasteiger partial charge on any atom is -0.462 e. The van der Waals surface area contributed by atoms with Gasteiger partial charge in [0.15, 0.2) is 12.2 Å². The SMILES string of the molecule is CCCCCCCCCCCCCCCCCCC(=O)O[C@H](COC(=O)CCCCCCCCCCCCC(C)CC)COP(=O)(O)OC[C@@H](O)COP(=O)(O)OC[C@@H](COC(=O)CCCCCCC)OC(=O)CCCCCCCCCC. The minimum atomic E-state index is -4.94. The van der Waals surface area contributed by atoms with Crippen molar-refractivity contribution in [1.29, 1.82) is 0 Å². The normalized spacial score (nSPS) is 14.6. The van der Waals surface area contributed by atoms with E-state index in [0.29, 0.717) is 25.7 Å². The summed E-state index contributed by atoms with van der Waals surface area (Å²) < 4.78 is 67.8. The zero-order valence-electron chi connectivity index (χ0n) is 53.3. The van der Waals surface area contributed by atoms with Crippen molar-refractivity contribution in [2.24, 2.45) is 5.92 Å². The van der Waals surface area contributed by atoms with Gasteiger partial charge in [-0.05, 0) is 31.6 Å². The van der Waals surface area contributed by atoms with E-state index in [9.17, 15) is 43.2 Å². The maximum Gasteiger partial charge on any atom is 0.472 e. The Kier molecular flexibility index (Phi) is 56.4. The number of phosphoric ester groups is 2. The lowest BCUT2D eigenvalue weighted by molar-refractivity contribution is -0.161. The summed E-state index contributed by atoms with van der Waals surface area (Å²) in [5.74, 6) is -1.33. The molecule has 3 N–H and O–H groups in total. The molecule has 0 aliphatic heterocycles. The molecule has 0 aromatic heterocycles. The number of hydrogen-bond acceptors (Lipinski definition) is 15. The van der Waals surface area contributed by atoms with Gasteiger partial charge in [-0.15, -0.1) is 0 Å². The third kappa shape index (κ3) is 57.6. The fourth-order valence-electron chi connectivity index (χ4n) is 9.55. The van der Waals surface area contributed by atoms with Crippen LogP contribution in [0.5, 0.6) is 0 Å². The Morgan fingerprint density at radius 2 is 0.578 bits per heavy atom. The molecule has 0 amide bonds. The smallest absolute Gasteiger partial charge is 0.462 e. The van der Waals surface area contributed by atoms with E-state index in [4.69, 9.17) is 37.0 Å². The van der Waals surface area contributed by atoms with Crippen LogP contribution in [-0.4, -0.2) is 96.7 Å². The quantitative estimate of drug-likeness (QED) is 0.0222. The third-order valence-electron chi connectivity index (χ3n) is 15.1. The summed E-state index contributed by atoms with van der Waals surface area (Å²) >= 11 is 0. The summed E-state index contributed by atoms with van der Waals surface area (Å²) in [7, 11) is -9.87. The predicted octanol–water partition coefficient (Wildman–Crippen LogP) is 17.8. The topological polar surface area (TPSA) is 237 Å². The van der Waals surface area contributed by atoms with Gasteiger partial charge in [0, 0.05) is 25.7 Å². The van der Waals surface area contributed by atoms with Crippen LogP contribution in [0.2, 0.25) is 0 Å². The second kappa shape index (κ2) is 57.8. The summed E-state index contributed by atoms with van der Waals surface area (Å²) in [5, 5.41) is 10.5. The highest BCUT2D eigenvalue weighted by molar-refractivity contribution is 7.47. The van der Waals surface area contributed by atoms with E-state index in [1.54, 1.807) is 0 Å². The predicted molar refractivity (Wildman–Crippen MR) is 331 cm³/mol. The standard InChI is InChI=1S/C64H124O17P2/c1-6-10-13-16-18-20-21-22-23-24-25-26-31-35-40-45-50-64(69)81-60(54-75-62(67)48-43-38-34-30-28-27-29-32-37-41-46-57(5)9-4)56-79-83(72,73)77-52-58(65)51-76-82(70,71)78-55-59(53-74-61(66)47-42-36-15-12-8-3)80-63(68)49-44-39-33-19-17-14-11-7-2/h57-60,65H,6-56H2,1-5H3,(H,70,71)(H,72,73)/t57?,58-,59+,60+/m0/s1. The van der Waals surface area contributed by atoms with Gasteiger partial charge in [0.25, 0.3) is 0 Å². The van der Waals surface area contributed by atoms with Gasteiger partial charge in [-0.2, -0.15) is 0 Å². The van der Waals surface area contributed by atoms with Crippen molar-refractivity contribution in [3.8, 4) is 0 Å². The van der Waals surface area contributed by atoms with Crippen LogP contribution in [0.4, 0.5) is 0 Å². The Morgan fingerprint density at radius 3 is 0.855 bits per heavy atom. The van der Waals surface area contributed by atoms with Crippen LogP contribution in [0.15, 0.2) is 0 Å². The molecule has 19 heteroatoms. The molecule has 83 heavy (non-hydrogen) atoms. The molecule has 0 fully saturated rings. The molecule has 0 saturated heterocycles. The lowest BCUT2D eigenvalue weighted by Crippen LogP contribution is -2.30. The molecule has 0 saturated carbocycles. The summed E-state index contributed by atoms with van der Waals surface area (Å²) in [6, 6.07) is 0. The molecular formula is C64H124O17P2. The number of ether oxygens (including phenoxy) is 4. The van der Waals surface area contributed by atoms with Crippen LogP contribution in [0, 0.1) is 5.92 Å². The molecule has 0 heterocycles. The van der Waals surface area contributed by atoms with Crippen molar-refractivity contribution >= 4 is 39.5 Å². The molecule has 0 rings (SSSR count). The number of aliphatic hydroxyl groups excluding tert-OH is 1. The van der Waals surface area contributed by atoms with Crippen LogP contribution < -0.4 is 0 Å². The van der Waals surface area contributed by atoms with E-state index < -0.39 is 97.5 Å². The Hall–Kier alpha value is -1.94. The minimum absolute atomic E-state index is 0.104. The Bertz CT molecular complexity index is 1620. The second-order valence-corrected chi connectivity index (χ2v) is 26.3. The Balaban J connectivity index is 5.16. The van der Waals surface area contributed by atoms with E-state index in [0.717, 1.165) is 109 Å². The first kappa shape index (κ1) is 81.1. The molecule has 0 aliphatic carbocycles. The van der Waals surface area contributed by atoms with Gasteiger partial charge in [-0.3, -0.25) is 37.3 Å². The highest BCUT2D eigenvalue weighted by atomic mass is 31.2. The summed E-state index contributed by atoms with van der Waals surface area (Å²) in [6.45, 7) is 7.11. The average Bonchev–Trinajstić information content (AvgIpc) is 3.51. The molecule has 6 atom stereocenters. The third-order valence-corrected chi connectivity index (χ3v) is 17.0. The van der Waals surface area contributed by atoms with Crippen molar-refractivity contribution in [2.75, 3.05) is 39.6 Å². The monoisotopic (exact) mass is 1230 g/mol. The van der Waals surface area contributed by atoms with Gasteiger partial charge in [-0.25, -0.2) is 9.13 Å². The first-order valence-electron chi connectivity index (χ1n) is 33.7. The largest absolute Gasteiger partial charge is 0.472 e. The molecule has 0 aromatic rings. The van der Waals surface area contributed by atoms with E-state index in [1.165, 1.54) is 135 Å². The van der Waals surface area contributed by atoms with Crippen molar-refractivity contribution in [3.05, 3.63) is 0 Å². The van der Waals surface area contributed by atoms with Gasteiger partial charge < -0.3 is 33.8 Å². The van der Waals surface area contributed by atoms with Gasteiger partial charge >= 0.3 is 39.5 Å². The molecule has 0 aliphatic rings. The van der Waals surface area contributed by atoms with Crippen molar-refractivity contribution in [2.45, 2.75) is 342 Å². The molecule has 0 radical (unpaired) electrons. The number of unbranched alkanes of at least 4 members (excludes halogenated alkanes) is 35. The van der Waals surface area contributed by atoms with Crippen molar-refractivity contribution < 1.29 is 80.2 Å². The van der Waals surface area contributed by atoms with Crippen molar-refractivity contribution in [1.82, 2.24) is 0 Å². The lowest BCUT2D eigenvalue weighted by Gasteiger charge is -2.21. The zero-order valence-corrected chi connectivity index (χ0v) is 55.1. The number of esters is 4. The summed E-state index contributed by atoms with van der Waals surface area (Å²) in [4.78, 5) is 71.9. The molecule has 0 bridgehead atoms. The summed E-state index contributed by atoms with van der Waals surface area (Å²) in [6.07, 6.45) is 42.0. The fourth-order valence-corrected chi connectivity index (χ4v) is 11.1. The molecule has 17 nitrogen and oxygen atoms in total. The van der Waals surface area contributed by atoms with E-state index in [1.807, 2.05) is 0 Å². The molecule has 492 valence electrons. The van der Waals surface area contributed by atoms with Crippen LogP contribution in [-0.2, 0) is 65.4 Å². The molecular weight excluding hydrogens is 1100 g/mol. The zero-order chi connectivity index (χ0) is 61.3. The number of aliphatic hydroxyl groups is 1. The maximum absolute atomic E-state index is 13.0. The van der Waals surface area contributed by atoms with Gasteiger partial charge in [0.05, 0.1) is 26.4 Å². The number of carbonyl (C=O) groups excluding carboxylic acids is 4. The second-order valence-electron chi connectivity index (χ2n) is 23.4. The number of hydrogen-bond donors (Lipinski definition) is 3. The van der Waals surface area contributed by atoms with Gasteiger partial charge in [0.1, 0.15) is 19.3 Å². The van der Waals surface area contributed by atoms with Gasteiger partial charge in [-0.1, -0.05) is 272 Å². The van der Waals surface area contributed by atoms with Gasteiger partial charge in [0.2, 0.25) is 0 Å². The first-order valence-corrected chi connectivity index (χ1v) is 36.7. The Labute approximate surface area is 505 Å². The first-order chi connectivity index (χ1) is 40.1. The molecule has 0 spiro atoms. The van der Waals surface area contributed by atoms with E-state index >= 15 is 0 Å². The van der Waals surface area contributed by atoms with Crippen LogP contribution in [0.1, 0.15) is 324 Å². The summed E-state index contributed by atoms with van der Waals surface area (Å²) in [5.41, 5.74) is 0. The fraction of sp³-hybridized carbons (Fsp3) is 0.938. The van der Waals surface area contributed by atoms with Crippen LogP contribution >= 0.6 is 15.6 Å². The van der Waals surface area contributed by atoms with Crippen molar-refractivity contribution in [3.63, 3.8) is 0 Å². The molecule has 3 unspecified atom stereocenters. The van der Waals surface area contributed by atoms with E-state index in [-0.39, 0.29) is 25.7 Å². The lowest BCUT2D eigenvalue weighted by atomic mass is 9.99. The number of carbonyl (C=O) groups is 4. The molecule has 0 aromatic carbocycles. The highest BCUT2D eigenvalue weighted by Gasteiger charge is 2.30. The number of phosphoric acid groups is 2. The number of rotatable bonds is 64. The van der Waals surface area contributed by atoms with E-state index in [2.05, 4.69) is 34.6 Å². The van der Waals surface area contributed by atoms with Crippen LogP contribution in [0.25, 0.3) is 0 Å².